The zero-order chi connectivity index (χ0) is 12.2. The SMILES string of the molecule is COC(C)(C)CCOc1cc(C)nc(Cl)n1. The van der Waals surface area contributed by atoms with E-state index in [1.54, 1.807) is 13.2 Å². The van der Waals surface area contributed by atoms with Gasteiger partial charge in [0.2, 0.25) is 11.2 Å². The van der Waals surface area contributed by atoms with E-state index in [2.05, 4.69) is 9.97 Å². The third-order valence-electron chi connectivity index (χ3n) is 2.31. The summed E-state index contributed by atoms with van der Waals surface area (Å²) in [7, 11) is 1.69. The molecule has 1 aromatic heterocycles. The lowest BCUT2D eigenvalue weighted by molar-refractivity contribution is 0.00507. The summed E-state index contributed by atoms with van der Waals surface area (Å²) in [5.41, 5.74) is 0.604. The van der Waals surface area contributed by atoms with Gasteiger partial charge in [0.05, 0.1) is 12.2 Å². The van der Waals surface area contributed by atoms with Crippen molar-refractivity contribution in [2.24, 2.45) is 0 Å². The Labute approximate surface area is 101 Å². The van der Waals surface area contributed by atoms with Crippen molar-refractivity contribution in [3.8, 4) is 5.88 Å². The molecule has 0 saturated carbocycles. The van der Waals surface area contributed by atoms with Crippen LogP contribution in [0.2, 0.25) is 5.28 Å². The standard InChI is InChI=1S/C11H17ClN2O2/c1-8-7-9(14-10(12)13-8)16-6-5-11(2,3)15-4/h7H,5-6H2,1-4H3. The molecule has 5 heteroatoms. The predicted octanol–water partition coefficient (Wildman–Crippen LogP) is 2.63. The van der Waals surface area contributed by atoms with E-state index in [1.165, 1.54) is 0 Å². The number of hydrogen-bond donors (Lipinski definition) is 0. The third-order valence-corrected chi connectivity index (χ3v) is 2.48. The van der Waals surface area contributed by atoms with Gasteiger partial charge in [0, 0.05) is 25.3 Å². The molecule has 16 heavy (non-hydrogen) atoms. The number of ether oxygens (including phenoxy) is 2. The van der Waals surface area contributed by atoms with Gasteiger partial charge in [0.25, 0.3) is 0 Å². The lowest BCUT2D eigenvalue weighted by Crippen LogP contribution is -2.25. The monoisotopic (exact) mass is 244 g/mol. The Hall–Kier alpha value is -0.870. The van der Waals surface area contributed by atoms with Crippen LogP contribution in [0.5, 0.6) is 5.88 Å². The minimum Gasteiger partial charge on any atom is -0.477 e. The normalized spacial score (nSPS) is 11.6. The molecule has 0 aliphatic carbocycles. The van der Waals surface area contributed by atoms with Crippen molar-refractivity contribution in [3.63, 3.8) is 0 Å². The summed E-state index contributed by atoms with van der Waals surface area (Å²) < 4.78 is 10.8. The van der Waals surface area contributed by atoms with E-state index in [1.807, 2.05) is 20.8 Å². The first kappa shape index (κ1) is 13.2. The minimum absolute atomic E-state index is 0.189. The zero-order valence-electron chi connectivity index (χ0n) is 10.1. The molecule has 1 rings (SSSR count). The van der Waals surface area contributed by atoms with Gasteiger partial charge in [-0.3, -0.25) is 0 Å². The summed E-state index contributed by atoms with van der Waals surface area (Å²) >= 11 is 5.72. The van der Waals surface area contributed by atoms with Crippen molar-refractivity contribution in [1.82, 2.24) is 9.97 Å². The van der Waals surface area contributed by atoms with Crippen LogP contribution in [-0.2, 0) is 4.74 Å². The van der Waals surface area contributed by atoms with Crippen LogP contribution >= 0.6 is 11.6 Å². The van der Waals surface area contributed by atoms with Crippen LogP contribution in [0.4, 0.5) is 0 Å². The molecule has 0 atom stereocenters. The Morgan fingerprint density at radius 1 is 1.38 bits per heavy atom. The van der Waals surface area contributed by atoms with Crippen molar-refractivity contribution in [3.05, 3.63) is 17.0 Å². The highest BCUT2D eigenvalue weighted by Gasteiger charge is 2.16. The lowest BCUT2D eigenvalue weighted by Gasteiger charge is -2.22. The van der Waals surface area contributed by atoms with Gasteiger partial charge in [0.1, 0.15) is 0 Å². The maximum atomic E-state index is 5.72. The molecule has 4 nitrogen and oxygen atoms in total. The van der Waals surface area contributed by atoms with Crippen molar-refractivity contribution in [2.45, 2.75) is 32.8 Å². The van der Waals surface area contributed by atoms with Crippen molar-refractivity contribution < 1.29 is 9.47 Å². The topological polar surface area (TPSA) is 44.2 Å². The van der Waals surface area contributed by atoms with Crippen LogP contribution in [0.15, 0.2) is 6.07 Å². The first-order chi connectivity index (χ1) is 7.43. The van der Waals surface area contributed by atoms with Crippen molar-refractivity contribution in [1.29, 1.82) is 0 Å². The van der Waals surface area contributed by atoms with Crippen LogP contribution < -0.4 is 4.74 Å². The first-order valence-electron chi connectivity index (χ1n) is 5.12. The van der Waals surface area contributed by atoms with Gasteiger partial charge in [-0.2, -0.15) is 4.98 Å². The van der Waals surface area contributed by atoms with E-state index in [4.69, 9.17) is 21.1 Å². The summed E-state index contributed by atoms with van der Waals surface area (Å²) in [6.07, 6.45) is 0.782. The van der Waals surface area contributed by atoms with E-state index in [0.29, 0.717) is 12.5 Å². The molecule has 0 radical (unpaired) electrons. The number of aryl methyl sites for hydroxylation is 1. The van der Waals surface area contributed by atoms with Crippen LogP contribution in [0.1, 0.15) is 26.0 Å². The fourth-order valence-corrected chi connectivity index (χ4v) is 1.30. The van der Waals surface area contributed by atoms with Gasteiger partial charge in [-0.15, -0.1) is 0 Å². The molecule has 0 bridgehead atoms. The number of nitrogens with zero attached hydrogens (tertiary/aromatic N) is 2. The Morgan fingerprint density at radius 2 is 2.06 bits per heavy atom. The van der Waals surface area contributed by atoms with E-state index in [0.717, 1.165) is 12.1 Å². The van der Waals surface area contributed by atoms with Crippen molar-refractivity contribution in [2.75, 3.05) is 13.7 Å². The molecule has 0 fully saturated rings. The maximum absolute atomic E-state index is 5.72. The van der Waals surface area contributed by atoms with E-state index >= 15 is 0 Å². The average Bonchev–Trinajstić information content (AvgIpc) is 2.16. The summed E-state index contributed by atoms with van der Waals surface area (Å²) in [5, 5.41) is 0.209. The minimum atomic E-state index is -0.189. The number of methoxy groups -OCH3 is 1. The summed E-state index contributed by atoms with van der Waals surface area (Å²) in [4.78, 5) is 7.93. The van der Waals surface area contributed by atoms with Gasteiger partial charge in [-0.25, -0.2) is 4.98 Å². The molecule has 0 N–H and O–H groups in total. The molecule has 1 aromatic rings. The van der Waals surface area contributed by atoms with Crippen LogP contribution in [0, 0.1) is 6.92 Å². The largest absolute Gasteiger partial charge is 0.477 e. The molecule has 0 amide bonds. The fourth-order valence-electron chi connectivity index (χ4n) is 1.08. The van der Waals surface area contributed by atoms with Gasteiger partial charge >= 0.3 is 0 Å². The second-order valence-corrected chi connectivity index (χ2v) is 4.52. The summed E-state index contributed by atoms with van der Waals surface area (Å²) in [6, 6.07) is 1.76. The Balaban J connectivity index is 2.49. The molecule has 0 aromatic carbocycles. The molecular formula is C11H17ClN2O2. The predicted molar refractivity (Wildman–Crippen MR) is 63.0 cm³/mol. The van der Waals surface area contributed by atoms with Crippen molar-refractivity contribution >= 4 is 11.6 Å². The number of aromatic nitrogens is 2. The van der Waals surface area contributed by atoms with Crippen LogP contribution in [-0.4, -0.2) is 29.3 Å². The van der Waals surface area contributed by atoms with Crippen LogP contribution in [0.25, 0.3) is 0 Å². The highest BCUT2D eigenvalue weighted by Crippen LogP contribution is 2.16. The highest BCUT2D eigenvalue weighted by atomic mass is 35.5. The lowest BCUT2D eigenvalue weighted by atomic mass is 10.1. The molecule has 90 valence electrons. The number of hydrogen-bond acceptors (Lipinski definition) is 4. The van der Waals surface area contributed by atoms with Gasteiger partial charge in [0.15, 0.2) is 0 Å². The Kier molecular flexibility index (Phi) is 4.50. The van der Waals surface area contributed by atoms with Gasteiger partial charge in [-0.1, -0.05) is 0 Å². The summed E-state index contributed by atoms with van der Waals surface area (Å²) in [6.45, 7) is 6.40. The molecule has 0 spiro atoms. The molecular weight excluding hydrogens is 228 g/mol. The molecule has 1 heterocycles. The third kappa shape index (κ3) is 4.33. The van der Waals surface area contributed by atoms with Gasteiger partial charge < -0.3 is 9.47 Å². The number of halogens is 1. The van der Waals surface area contributed by atoms with E-state index < -0.39 is 0 Å². The highest BCUT2D eigenvalue weighted by molar-refractivity contribution is 6.28. The van der Waals surface area contributed by atoms with E-state index in [-0.39, 0.29) is 10.9 Å². The Bertz CT molecular complexity index is 336. The smallest absolute Gasteiger partial charge is 0.225 e. The number of rotatable bonds is 5. The summed E-state index contributed by atoms with van der Waals surface area (Å²) in [5.74, 6) is 0.504. The maximum Gasteiger partial charge on any atom is 0.225 e. The molecule has 0 saturated heterocycles. The van der Waals surface area contributed by atoms with Gasteiger partial charge in [-0.05, 0) is 32.4 Å². The van der Waals surface area contributed by atoms with Crippen LogP contribution in [0.3, 0.4) is 0 Å². The second-order valence-electron chi connectivity index (χ2n) is 4.18. The first-order valence-corrected chi connectivity index (χ1v) is 5.50. The quantitative estimate of drug-likeness (QED) is 0.747. The molecule has 0 unspecified atom stereocenters. The Morgan fingerprint density at radius 3 is 2.62 bits per heavy atom. The van der Waals surface area contributed by atoms with E-state index in [9.17, 15) is 0 Å². The zero-order valence-corrected chi connectivity index (χ0v) is 10.8. The molecule has 0 aliphatic heterocycles. The molecule has 0 aliphatic rings. The average molecular weight is 245 g/mol. The second kappa shape index (κ2) is 5.46. The fraction of sp³-hybridized carbons (Fsp3) is 0.636.